The molecule has 1 atom stereocenters. The van der Waals surface area contributed by atoms with Crippen molar-refractivity contribution in [2.45, 2.75) is 6.17 Å². The van der Waals surface area contributed by atoms with Crippen LogP contribution in [0.15, 0.2) is 60.8 Å². The highest BCUT2D eigenvalue weighted by molar-refractivity contribution is 6.39. The molecule has 1 unspecified atom stereocenters. The van der Waals surface area contributed by atoms with Crippen molar-refractivity contribution in [1.29, 1.82) is 0 Å². The third-order valence-electron chi connectivity index (χ3n) is 4.17. The lowest BCUT2D eigenvalue weighted by Crippen LogP contribution is -2.33. The van der Waals surface area contributed by atoms with Crippen LogP contribution in [-0.4, -0.2) is 10.9 Å². The van der Waals surface area contributed by atoms with Gasteiger partial charge in [0.2, 0.25) is 0 Å². The molecule has 0 bridgehead atoms. The minimum Gasteiger partial charge on any atom is -0.359 e. The number of anilines is 2. The summed E-state index contributed by atoms with van der Waals surface area (Å²) in [6, 6.07) is 16.0. The van der Waals surface area contributed by atoms with E-state index in [0.717, 1.165) is 5.56 Å². The van der Waals surface area contributed by atoms with E-state index in [9.17, 15) is 4.79 Å². The fraction of sp³-hybridized carbons (Fsp3) is 0.0526. The van der Waals surface area contributed by atoms with Crippen LogP contribution >= 0.6 is 34.8 Å². The fourth-order valence-corrected chi connectivity index (χ4v) is 3.60. The topological polar surface area (TPSA) is 45.2 Å². The molecule has 1 aliphatic heterocycles. The van der Waals surface area contributed by atoms with E-state index in [-0.39, 0.29) is 5.91 Å². The summed E-state index contributed by atoms with van der Waals surface area (Å²) in [7, 11) is 0. The molecule has 130 valence electrons. The molecule has 7 heteroatoms. The molecule has 1 amide bonds. The van der Waals surface area contributed by atoms with Crippen LogP contribution in [0.4, 0.5) is 11.5 Å². The van der Waals surface area contributed by atoms with E-state index in [1.54, 1.807) is 41.3 Å². The average Bonchev–Trinajstić information content (AvgIpc) is 2.92. The molecule has 4 rings (SSSR count). The average molecular weight is 405 g/mol. The quantitative estimate of drug-likeness (QED) is 0.599. The van der Waals surface area contributed by atoms with Crippen molar-refractivity contribution >= 4 is 52.2 Å². The molecular weight excluding hydrogens is 393 g/mol. The number of nitrogens with one attached hydrogen (secondary N) is 1. The van der Waals surface area contributed by atoms with Gasteiger partial charge in [0, 0.05) is 17.3 Å². The van der Waals surface area contributed by atoms with Crippen LogP contribution in [0.25, 0.3) is 0 Å². The Bertz CT molecular complexity index is 971. The van der Waals surface area contributed by atoms with Crippen LogP contribution in [0, 0.1) is 0 Å². The van der Waals surface area contributed by atoms with Crippen molar-refractivity contribution in [3.8, 4) is 0 Å². The molecule has 2 heterocycles. The highest BCUT2D eigenvalue weighted by Crippen LogP contribution is 2.40. The van der Waals surface area contributed by atoms with Crippen LogP contribution < -0.4 is 10.2 Å². The fourth-order valence-electron chi connectivity index (χ4n) is 2.98. The first-order valence-electron chi connectivity index (χ1n) is 7.81. The third kappa shape index (κ3) is 2.90. The second kappa shape index (κ2) is 6.80. The summed E-state index contributed by atoms with van der Waals surface area (Å²) in [6.07, 6.45) is 1.01. The summed E-state index contributed by atoms with van der Waals surface area (Å²) in [5, 5.41) is 4.73. The van der Waals surface area contributed by atoms with Gasteiger partial charge in [0.15, 0.2) is 0 Å². The number of carbonyl (C=O) groups excluding carboxylic acids is 1. The van der Waals surface area contributed by atoms with Crippen molar-refractivity contribution in [3.63, 3.8) is 0 Å². The molecular formula is C19H12Cl3N3O. The van der Waals surface area contributed by atoms with Gasteiger partial charge < -0.3 is 5.32 Å². The molecule has 0 radical (unpaired) electrons. The van der Waals surface area contributed by atoms with Crippen molar-refractivity contribution < 1.29 is 4.79 Å². The van der Waals surface area contributed by atoms with E-state index in [2.05, 4.69) is 10.3 Å². The van der Waals surface area contributed by atoms with E-state index >= 15 is 0 Å². The second-order valence-electron chi connectivity index (χ2n) is 5.74. The Hall–Kier alpha value is -2.27. The molecule has 0 saturated carbocycles. The number of aromatic nitrogens is 1. The Morgan fingerprint density at radius 2 is 1.65 bits per heavy atom. The molecule has 0 saturated heterocycles. The first-order chi connectivity index (χ1) is 12.6. The number of halogens is 3. The molecule has 4 nitrogen and oxygen atoms in total. The molecule has 0 fully saturated rings. The van der Waals surface area contributed by atoms with Crippen LogP contribution in [0.1, 0.15) is 22.1 Å². The minimum absolute atomic E-state index is 0.156. The van der Waals surface area contributed by atoms with Gasteiger partial charge in [-0.3, -0.25) is 9.69 Å². The zero-order valence-electron chi connectivity index (χ0n) is 13.3. The van der Waals surface area contributed by atoms with Crippen LogP contribution in [0.2, 0.25) is 15.1 Å². The number of rotatable bonds is 3. The molecule has 3 aromatic rings. The van der Waals surface area contributed by atoms with Gasteiger partial charge in [-0.1, -0.05) is 59.1 Å². The lowest BCUT2D eigenvalue weighted by molar-refractivity contribution is 0.0992. The van der Waals surface area contributed by atoms with Gasteiger partial charge in [0.25, 0.3) is 5.91 Å². The summed E-state index contributed by atoms with van der Waals surface area (Å²) in [6.45, 7) is 0. The predicted octanol–water partition coefficient (Wildman–Crippen LogP) is 5.81. The van der Waals surface area contributed by atoms with Crippen LogP contribution in [0.3, 0.4) is 0 Å². The van der Waals surface area contributed by atoms with Gasteiger partial charge in [-0.2, -0.15) is 0 Å². The number of nitrogens with zero attached hydrogens (tertiary/aromatic N) is 2. The molecule has 1 N–H and O–H groups in total. The summed E-state index contributed by atoms with van der Waals surface area (Å²) >= 11 is 18.5. The third-order valence-corrected chi connectivity index (χ3v) is 5.02. The highest BCUT2D eigenvalue weighted by atomic mass is 35.5. The van der Waals surface area contributed by atoms with Crippen molar-refractivity contribution in [2.24, 2.45) is 0 Å². The van der Waals surface area contributed by atoms with Crippen molar-refractivity contribution in [3.05, 3.63) is 87.0 Å². The number of hydrogen-bond donors (Lipinski definition) is 1. The maximum atomic E-state index is 13.0. The molecule has 26 heavy (non-hydrogen) atoms. The van der Waals surface area contributed by atoms with Gasteiger partial charge >= 0.3 is 0 Å². The van der Waals surface area contributed by atoms with Gasteiger partial charge in [-0.15, -0.1) is 0 Å². The molecule has 1 aromatic heterocycles. The number of hydrogen-bond acceptors (Lipinski definition) is 3. The highest BCUT2D eigenvalue weighted by Gasteiger charge is 2.38. The second-order valence-corrected chi connectivity index (χ2v) is 6.99. The Balaban J connectivity index is 1.82. The lowest BCUT2D eigenvalue weighted by Gasteiger charge is -2.27. The van der Waals surface area contributed by atoms with Crippen molar-refractivity contribution in [2.75, 3.05) is 10.2 Å². The Morgan fingerprint density at radius 1 is 0.923 bits per heavy atom. The van der Waals surface area contributed by atoms with Gasteiger partial charge in [0.05, 0.1) is 20.8 Å². The number of benzene rings is 2. The van der Waals surface area contributed by atoms with E-state index < -0.39 is 6.17 Å². The monoisotopic (exact) mass is 403 g/mol. The van der Waals surface area contributed by atoms with Gasteiger partial charge in [-0.25, -0.2) is 4.98 Å². The van der Waals surface area contributed by atoms with Gasteiger partial charge in [-0.05, 0) is 30.3 Å². The SMILES string of the molecule is O=C1c2ccccc2C(Nc2c(Cl)cccc2Cl)N1c1ccc(Cl)cn1. The van der Waals surface area contributed by atoms with Gasteiger partial charge in [0.1, 0.15) is 12.0 Å². The minimum atomic E-state index is -0.496. The van der Waals surface area contributed by atoms with E-state index in [0.29, 0.717) is 32.1 Å². The number of para-hydroxylation sites is 1. The van der Waals surface area contributed by atoms with E-state index in [1.165, 1.54) is 6.20 Å². The zero-order valence-corrected chi connectivity index (χ0v) is 15.6. The number of pyridine rings is 1. The smallest absolute Gasteiger partial charge is 0.261 e. The first kappa shape index (κ1) is 17.2. The maximum absolute atomic E-state index is 13.0. The Morgan fingerprint density at radius 3 is 2.35 bits per heavy atom. The van der Waals surface area contributed by atoms with Crippen molar-refractivity contribution in [1.82, 2.24) is 4.98 Å². The zero-order chi connectivity index (χ0) is 18.3. The number of fused-ring (bicyclic) bond motifs is 1. The maximum Gasteiger partial charge on any atom is 0.261 e. The largest absolute Gasteiger partial charge is 0.359 e. The molecule has 0 spiro atoms. The van der Waals surface area contributed by atoms with Crippen LogP contribution in [-0.2, 0) is 0 Å². The standard InChI is InChI=1S/C19H12Cl3N3O/c20-11-8-9-16(23-10-11)25-18(12-4-1-2-5-13(12)19(25)26)24-17-14(21)6-3-7-15(17)22/h1-10,18,24H. The summed E-state index contributed by atoms with van der Waals surface area (Å²) in [5.41, 5.74) is 1.99. The summed E-state index contributed by atoms with van der Waals surface area (Å²) in [5.74, 6) is 0.326. The Labute approximate surface area is 165 Å². The Kier molecular flexibility index (Phi) is 4.49. The van der Waals surface area contributed by atoms with E-state index in [4.69, 9.17) is 34.8 Å². The van der Waals surface area contributed by atoms with Crippen LogP contribution in [0.5, 0.6) is 0 Å². The number of carbonyl (C=O) groups is 1. The molecule has 2 aromatic carbocycles. The summed E-state index contributed by atoms with van der Waals surface area (Å²) in [4.78, 5) is 18.9. The first-order valence-corrected chi connectivity index (χ1v) is 8.94. The summed E-state index contributed by atoms with van der Waals surface area (Å²) < 4.78 is 0. The number of amides is 1. The molecule has 0 aliphatic carbocycles. The molecule has 1 aliphatic rings. The predicted molar refractivity (Wildman–Crippen MR) is 105 cm³/mol. The van der Waals surface area contributed by atoms with E-state index in [1.807, 2.05) is 18.2 Å². The normalized spacial score (nSPS) is 15.9. The lowest BCUT2D eigenvalue weighted by atomic mass is 10.1.